The number of methoxy groups -OCH3 is 1. The van der Waals surface area contributed by atoms with Gasteiger partial charge in [0.2, 0.25) is 0 Å². The summed E-state index contributed by atoms with van der Waals surface area (Å²) in [6.45, 7) is 0. The van der Waals surface area contributed by atoms with Crippen molar-refractivity contribution in [3.8, 4) is 0 Å². The van der Waals surface area contributed by atoms with Crippen LogP contribution in [0.15, 0.2) is 54.6 Å². The molecule has 22 heavy (non-hydrogen) atoms. The number of ether oxygens (including phenoxy) is 1. The van der Waals surface area contributed by atoms with Gasteiger partial charge < -0.3 is 4.74 Å². The average molecular weight is 308 g/mol. The first-order valence-corrected chi connectivity index (χ1v) is 6.70. The van der Waals surface area contributed by atoms with Gasteiger partial charge in [-0.25, -0.2) is 0 Å². The molecule has 0 aromatic heterocycles. The summed E-state index contributed by atoms with van der Waals surface area (Å²) in [7, 11) is 1.30. The number of carbonyl (C=O) groups is 1. The van der Waals surface area contributed by atoms with Crippen LogP contribution in [0.2, 0.25) is 0 Å². The summed E-state index contributed by atoms with van der Waals surface area (Å²) in [5.41, 5.74) is 0.715. The molecule has 0 aliphatic carbocycles. The number of carbonyl (C=O) groups excluding carboxylic acids is 1. The number of benzene rings is 2. The maximum atomic E-state index is 12.6. The molecule has 0 amide bonds. The van der Waals surface area contributed by atoms with Crippen molar-refractivity contribution in [3.05, 3.63) is 71.3 Å². The number of rotatable bonds is 4. The predicted molar refractivity (Wildman–Crippen MR) is 76.3 cm³/mol. The molecule has 116 valence electrons. The third kappa shape index (κ3) is 3.87. The molecule has 2 aromatic rings. The SMILES string of the molecule is COC(=O)C(Cc1ccc(C(F)(F)F)cc1)c1ccccc1. The van der Waals surface area contributed by atoms with Crippen molar-refractivity contribution in [2.45, 2.75) is 18.5 Å². The van der Waals surface area contributed by atoms with Crippen molar-refractivity contribution in [3.63, 3.8) is 0 Å². The topological polar surface area (TPSA) is 26.3 Å². The minimum absolute atomic E-state index is 0.287. The summed E-state index contributed by atoms with van der Waals surface area (Å²) >= 11 is 0. The number of hydrogen-bond acceptors (Lipinski definition) is 2. The van der Waals surface area contributed by atoms with Gasteiger partial charge in [0.25, 0.3) is 0 Å². The molecule has 1 atom stereocenters. The molecular formula is C17H15F3O2. The van der Waals surface area contributed by atoms with Crippen LogP contribution in [0.3, 0.4) is 0 Å². The molecule has 0 saturated heterocycles. The molecule has 1 unspecified atom stereocenters. The van der Waals surface area contributed by atoms with E-state index in [4.69, 9.17) is 4.74 Å². The van der Waals surface area contributed by atoms with Gasteiger partial charge in [-0.1, -0.05) is 42.5 Å². The van der Waals surface area contributed by atoms with Crippen LogP contribution in [-0.4, -0.2) is 13.1 Å². The standard InChI is InChI=1S/C17H15F3O2/c1-22-16(21)15(13-5-3-2-4-6-13)11-12-7-9-14(10-8-12)17(18,19)20/h2-10,15H,11H2,1H3. The monoisotopic (exact) mass is 308 g/mol. The van der Waals surface area contributed by atoms with E-state index in [1.807, 2.05) is 6.07 Å². The molecule has 5 heteroatoms. The zero-order valence-electron chi connectivity index (χ0n) is 11.9. The maximum absolute atomic E-state index is 12.6. The van der Waals surface area contributed by atoms with Gasteiger partial charge in [-0.2, -0.15) is 13.2 Å². The van der Waals surface area contributed by atoms with E-state index in [1.165, 1.54) is 19.2 Å². The second kappa shape index (κ2) is 6.64. The molecule has 0 aliphatic rings. The third-order valence-electron chi connectivity index (χ3n) is 3.41. The molecule has 0 radical (unpaired) electrons. The molecule has 0 spiro atoms. The lowest BCUT2D eigenvalue weighted by atomic mass is 9.91. The van der Waals surface area contributed by atoms with Gasteiger partial charge in [-0.15, -0.1) is 0 Å². The zero-order valence-corrected chi connectivity index (χ0v) is 11.9. The first kappa shape index (κ1) is 16.1. The highest BCUT2D eigenvalue weighted by Gasteiger charge is 2.30. The Morgan fingerprint density at radius 1 is 1.05 bits per heavy atom. The van der Waals surface area contributed by atoms with E-state index in [-0.39, 0.29) is 6.42 Å². The van der Waals surface area contributed by atoms with Crippen LogP contribution in [-0.2, 0) is 22.1 Å². The first-order chi connectivity index (χ1) is 10.4. The van der Waals surface area contributed by atoms with Crippen molar-refractivity contribution in [2.24, 2.45) is 0 Å². The highest BCUT2D eigenvalue weighted by molar-refractivity contribution is 5.78. The molecular weight excluding hydrogens is 293 g/mol. The van der Waals surface area contributed by atoms with Crippen LogP contribution in [0.5, 0.6) is 0 Å². The quantitative estimate of drug-likeness (QED) is 0.791. The lowest BCUT2D eigenvalue weighted by molar-refractivity contribution is -0.142. The van der Waals surface area contributed by atoms with Gasteiger partial charge in [0, 0.05) is 0 Å². The predicted octanol–water partition coefficient (Wildman–Crippen LogP) is 4.20. The van der Waals surface area contributed by atoms with Crippen molar-refractivity contribution in [2.75, 3.05) is 7.11 Å². The first-order valence-electron chi connectivity index (χ1n) is 6.70. The normalized spacial score (nSPS) is 12.7. The van der Waals surface area contributed by atoms with E-state index in [2.05, 4.69) is 0 Å². The summed E-state index contributed by atoms with van der Waals surface area (Å²) in [5.74, 6) is -0.950. The van der Waals surface area contributed by atoms with E-state index in [0.29, 0.717) is 5.56 Å². The Morgan fingerprint density at radius 2 is 1.64 bits per heavy atom. The number of halogens is 3. The number of alkyl halides is 3. The Bertz CT molecular complexity index is 619. The summed E-state index contributed by atoms with van der Waals surface area (Å²) in [6, 6.07) is 13.9. The largest absolute Gasteiger partial charge is 0.469 e. The summed E-state index contributed by atoms with van der Waals surface area (Å²) < 4.78 is 42.5. The minimum atomic E-state index is -4.36. The van der Waals surface area contributed by atoms with Crippen LogP contribution in [0, 0.1) is 0 Å². The van der Waals surface area contributed by atoms with Gasteiger partial charge in [-0.3, -0.25) is 4.79 Å². The molecule has 0 bridgehead atoms. The van der Waals surface area contributed by atoms with Crippen LogP contribution in [0.25, 0.3) is 0 Å². The lowest BCUT2D eigenvalue weighted by Gasteiger charge is -2.15. The van der Waals surface area contributed by atoms with Crippen molar-refractivity contribution in [1.82, 2.24) is 0 Å². The highest BCUT2D eigenvalue weighted by Crippen LogP contribution is 2.30. The van der Waals surface area contributed by atoms with Gasteiger partial charge in [0.05, 0.1) is 18.6 Å². The smallest absolute Gasteiger partial charge is 0.416 e. The molecule has 0 N–H and O–H groups in total. The molecule has 0 fully saturated rings. The summed E-state index contributed by atoms with van der Waals surface area (Å²) in [5, 5.41) is 0. The van der Waals surface area contributed by atoms with Crippen LogP contribution in [0.1, 0.15) is 22.6 Å². The number of esters is 1. The van der Waals surface area contributed by atoms with E-state index in [1.54, 1.807) is 24.3 Å². The summed E-state index contributed by atoms with van der Waals surface area (Å²) in [4.78, 5) is 11.9. The van der Waals surface area contributed by atoms with Gasteiger partial charge >= 0.3 is 12.1 Å². The average Bonchev–Trinajstić information content (AvgIpc) is 2.52. The Balaban J connectivity index is 2.23. The van der Waals surface area contributed by atoms with E-state index in [0.717, 1.165) is 17.7 Å². The molecule has 2 nitrogen and oxygen atoms in total. The lowest BCUT2D eigenvalue weighted by Crippen LogP contribution is -2.17. The van der Waals surface area contributed by atoms with Crippen LogP contribution >= 0.6 is 0 Å². The fourth-order valence-electron chi connectivity index (χ4n) is 2.23. The van der Waals surface area contributed by atoms with Crippen molar-refractivity contribution >= 4 is 5.97 Å². The minimum Gasteiger partial charge on any atom is -0.469 e. The molecule has 0 aliphatic heterocycles. The second-order valence-electron chi connectivity index (χ2n) is 4.89. The Morgan fingerprint density at radius 3 is 2.14 bits per heavy atom. The Labute approximate surface area is 126 Å². The van der Waals surface area contributed by atoms with Gasteiger partial charge in [0.1, 0.15) is 0 Å². The maximum Gasteiger partial charge on any atom is 0.416 e. The molecule has 2 rings (SSSR count). The van der Waals surface area contributed by atoms with Crippen molar-refractivity contribution < 1.29 is 22.7 Å². The third-order valence-corrected chi connectivity index (χ3v) is 3.41. The van der Waals surface area contributed by atoms with Crippen molar-refractivity contribution in [1.29, 1.82) is 0 Å². The fourth-order valence-corrected chi connectivity index (χ4v) is 2.23. The zero-order chi connectivity index (χ0) is 16.2. The Hall–Kier alpha value is -2.30. The van der Waals surface area contributed by atoms with Crippen LogP contribution < -0.4 is 0 Å². The van der Waals surface area contributed by atoms with E-state index >= 15 is 0 Å². The molecule has 0 heterocycles. The van der Waals surface area contributed by atoms with Gasteiger partial charge in [-0.05, 0) is 29.7 Å². The number of hydrogen-bond donors (Lipinski definition) is 0. The van der Waals surface area contributed by atoms with Gasteiger partial charge in [0.15, 0.2) is 0 Å². The summed E-state index contributed by atoms with van der Waals surface area (Å²) in [6.07, 6.45) is -4.07. The van der Waals surface area contributed by atoms with E-state index in [9.17, 15) is 18.0 Å². The second-order valence-corrected chi connectivity index (χ2v) is 4.89. The molecule has 2 aromatic carbocycles. The molecule has 0 saturated carbocycles. The van der Waals surface area contributed by atoms with Crippen LogP contribution in [0.4, 0.5) is 13.2 Å². The Kier molecular flexibility index (Phi) is 4.85. The highest BCUT2D eigenvalue weighted by atomic mass is 19.4. The fraction of sp³-hybridized carbons (Fsp3) is 0.235. The van der Waals surface area contributed by atoms with E-state index < -0.39 is 23.6 Å².